The van der Waals surface area contributed by atoms with E-state index in [2.05, 4.69) is 0 Å². The first kappa shape index (κ1) is 34.6. The van der Waals surface area contributed by atoms with Crippen molar-refractivity contribution in [1.29, 1.82) is 0 Å². The zero-order valence-electron chi connectivity index (χ0n) is 24.3. The van der Waals surface area contributed by atoms with E-state index >= 15 is 0 Å². The molecule has 2 bridgehead atoms. The van der Waals surface area contributed by atoms with Crippen LogP contribution in [0.2, 0.25) is 0 Å². The minimum absolute atomic E-state index is 0.143. The van der Waals surface area contributed by atoms with Crippen molar-refractivity contribution in [3.8, 4) is 0 Å². The zero-order chi connectivity index (χ0) is 29.8. The van der Waals surface area contributed by atoms with Gasteiger partial charge in [0.25, 0.3) is 0 Å². The van der Waals surface area contributed by atoms with Crippen LogP contribution in [0.25, 0.3) is 0 Å². The minimum atomic E-state index is -1.72. The number of aliphatic hydroxyl groups excluding tert-OH is 6. The summed E-state index contributed by atoms with van der Waals surface area (Å²) >= 11 is 0. The monoisotopic (exact) mass is 592 g/mol. The summed E-state index contributed by atoms with van der Waals surface area (Å²) in [5.74, 6) is -0.565. The summed E-state index contributed by atoms with van der Waals surface area (Å²) < 4.78 is 28.7. The Labute approximate surface area is 242 Å². The van der Waals surface area contributed by atoms with Gasteiger partial charge in [-0.05, 0) is 19.8 Å². The maximum Gasteiger partial charge on any atom is 0.306 e. The summed E-state index contributed by atoms with van der Waals surface area (Å²) in [6.07, 6.45) is -0.962. The summed E-state index contributed by atoms with van der Waals surface area (Å²) in [4.78, 5) is 12.5. The van der Waals surface area contributed by atoms with Crippen molar-refractivity contribution < 1.29 is 59.1 Å². The number of ether oxygens (including phenoxy) is 5. The van der Waals surface area contributed by atoms with Crippen molar-refractivity contribution in [2.45, 2.75) is 164 Å². The SMILES string of the molecule is CC1CCCCCCCCCCCCCCC(=O)O[C@H]2[C@H](O)[C@@H](O)[C@H](O[C@H]3[C@H](O1)O[C@H](CO)[C@@H](O)[C@@H]3O)O[C@@H]2CO. The van der Waals surface area contributed by atoms with Gasteiger partial charge in [0.05, 0.1) is 19.3 Å². The second-order valence-corrected chi connectivity index (χ2v) is 11.7. The van der Waals surface area contributed by atoms with E-state index in [0.29, 0.717) is 6.42 Å². The summed E-state index contributed by atoms with van der Waals surface area (Å²) in [7, 11) is 0. The fourth-order valence-electron chi connectivity index (χ4n) is 5.75. The molecule has 240 valence electrons. The van der Waals surface area contributed by atoms with Crippen LogP contribution < -0.4 is 0 Å². The number of rotatable bonds is 2. The lowest BCUT2D eigenvalue weighted by Crippen LogP contribution is -2.65. The Balaban J connectivity index is 1.72. The first-order valence-corrected chi connectivity index (χ1v) is 15.5. The van der Waals surface area contributed by atoms with Crippen LogP contribution in [0, 0.1) is 0 Å². The molecule has 4 aliphatic rings. The molecule has 0 amide bonds. The number of fused-ring (bicyclic) bond motifs is 19. The quantitative estimate of drug-likeness (QED) is 0.251. The van der Waals surface area contributed by atoms with Crippen LogP contribution in [-0.4, -0.2) is 117 Å². The number of hydrogen-bond acceptors (Lipinski definition) is 12. The second kappa shape index (κ2) is 18.0. The molecule has 6 N–H and O–H groups in total. The first-order chi connectivity index (χ1) is 19.8. The molecular formula is C29H52O12. The average Bonchev–Trinajstić information content (AvgIpc) is 2.95. The predicted molar refractivity (Wildman–Crippen MR) is 145 cm³/mol. The van der Waals surface area contributed by atoms with Crippen molar-refractivity contribution in [2.75, 3.05) is 13.2 Å². The molecule has 0 aliphatic carbocycles. The Morgan fingerprint density at radius 1 is 0.585 bits per heavy atom. The normalized spacial score (nSPS) is 41.9. The van der Waals surface area contributed by atoms with Crippen LogP contribution in [0.4, 0.5) is 0 Å². The molecule has 0 aromatic heterocycles. The lowest BCUT2D eigenvalue weighted by Gasteiger charge is -2.46. The van der Waals surface area contributed by atoms with Crippen LogP contribution in [-0.2, 0) is 28.5 Å². The molecule has 12 heteroatoms. The fraction of sp³-hybridized carbons (Fsp3) is 0.966. The van der Waals surface area contributed by atoms with E-state index in [0.717, 1.165) is 44.9 Å². The largest absolute Gasteiger partial charge is 0.457 e. The lowest BCUT2D eigenvalue weighted by atomic mass is 9.97. The molecule has 4 saturated heterocycles. The maximum absolute atomic E-state index is 12.5. The molecule has 11 atom stereocenters. The fourth-order valence-corrected chi connectivity index (χ4v) is 5.75. The number of carbonyl (C=O) groups is 1. The summed E-state index contributed by atoms with van der Waals surface area (Å²) in [5.41, 5.74) is 0. The van der Waals surface area contributed by atoms with Gasteiger partial charge in [-0.15, -0.1) is 0 Å². The Morgan fingerprint density at radius 3 is 1.68 bits per heavy atom. The average molecular weight is 593 g/mol. The molecule has 12 nitrogen and oxygen atoms in total. The summed E-state index contributed by atoms with van der Waals surface area (Å²) in [6, 6.07) is 0. The first-order valence-electron chi connectivity index (χ1n) is 15.5. The predicted octanol–water partition coefficient (Wildman–Crippen LogP) is 1.04. The number of hydrogen-bond donors (Lipinski definition) is 6. The molecule has 4 rings (SSSR count). The standard InChI is InChI=1S/C29H52O12/c1-18-14-12-10-8-6-4-2-3-5-7-9-11-13-15-21(32)40-26-20(17-31)39-28(25(36)24(26)35)41-27-23(34)22(33)19(16-30)38-29(27)37-18/h18-20,22-31,33-36H,2-17H2,1H3/t18?,19-,20-,22-,23+,24-,25-,26-,27-,28+,29-/m1/s1. The van der Waals surface area contributed by atoms with E-state index in [1.807, 2.05) is 6.92 Å². The van der Waals surface area contributed by atoms with Gasteiger partial charge in [-0.3, -0.25) is 4.79 Å². The van der Waals surface area contributed by atoms with E-state index in [1.165, 1.54) is 32.1 Å². The Bertz CT molecular complexity index is 739. The highest BCUT2D eigenvalue weighted by Crippen LogP contribution is 2.31. The van der Waals surface area contributed by atoms with Gasteiger partial charge in [-0.25, -0.2) is 0 Å². The lowest BCUT2D eigenvalue weighted by molar-refractivity contribution is -0.371. The maximum atomic E-state index is 12.5. The molecule has 0 radical (unpaired) electrons. The highest BCUT2D eigenvalue weighted by atomic mass is 16.8. The van der Waals surface area contributed by atoms with Crippen molar-refractivity contribution in [3.05, 3.63) is 0 Å². The number of aliphatic hydroxyl groups is 6. The zero-order valence-corrected chi connectivity index (χ0v) is 24.3. The van der Waals surface area contributed by atoms with Crippen molar-refractivity contribution in [3.63, 3.8) is 0 Å². The minimum Gasteiger partial charge on any atom is -0.457 e. The van der Waals surface area contributed by atoms with Gasteiger partial charge in [0.15, 0.2) is 18.7 Å². The Morgan fingerprint density at radius 2 is 1.10 bits per heavy atom. The third-order valence-corrected chi connectivity index (χ3v) is 8.31. The molecule has 4 fully saturated rings. The van der Waals surface area contributed by atoms with Gasteiger partial charge in [-0.2, -0.15) is 0 Å². The molecule has 0 saturated carbocycles. The topological polar surface area (TPSA) is 185 Å². The van der Waals surface area contributed by atoms with Crippen LogP contribution in [0.5, 0.6) is 0 Å². The summed E-state index contributed by atoms with van der Waals surface area (Å²) in [5, 5.41) is 62.5. The van der Waals surface area contributed by atoms with Gasteiger partial charge < -0.3 is 54.3 Å². The number of carbonyl (C=O) groups excluding carboxylic acids is 1. The Hall–Kier alpha value is -0.930. The van der Waals surface area contributed by atoms with E-state index < -0.39 is 80.6 Å². The molecule has 4 aliphatic heterocycles. The third kappa shape index (κ3) is 10.3. The van der Waals surface area contributed by atoms with Crippen LogP contribution >= 0.6 is 0 Å². The van der Waals surface area contributed by atoms with Gasteiger partial charge in [0.2, 0.25) is 0 Å². The molecular weight excluding hydrogens is 540 g/mol. The van der Waals surface area contributed by atoms with E-state index in [1.54, 1.807) is 0 Å². The molecule has 0 aromatic carbocycles. The molecule has 4 heterocycles. The molecule has 1 unspecified atom stereocenters. The summed E-state index contributed by atoms with van der Waals surface area (Å²) in [6.45, 7) is 0.645. The van der Waals surface area contributed by atoms with Crippen LogP contribution in [0.15, 0.2) is 0 Å². The highest BCUT2D eigenvalue weighted by molar-refractivity contribution is 5.69. The van der Waals surface area contributed by atoms with E-state index in [4.69, 9.17) is 23.7 Å². The van der Waals surface area contributed by atoms with E-state index in [9.17, 15) is 35.4 Å². The van der Waals surface area contributed by atoms with Gasteiger partial charge in [-0.1, -0.05) is 70.6 Å². The van der Waals surface area contributed by atoms with Gasteiger partial charge >= 0.3 is 5.97 Å². The Kier molecular flexibility index (Phi) is 15.2. The van der Waals surface area contributed by atoms with Crippen LogP contribution in [0.1, 0.15) is 96.8 Å². The highest BCUT2D eigenvalue weighted by Gasteiger charge is 2.52. The van der Waals surface area contributed by atoms with Gasteiger partial charge in [0, 0.05) is 6.42 Å². The van der Waals surface area contributed by atoms with Gasteiger partial charge in [0.1, 0.15) is 42.7 Å². The third-order valence-electron chi connectivity index (χ3n) is 8.31. The molecule has 0 aromatic rings. The second-order valence-electron chi connectivity index (χ2n) is 11.7. The smallest absolute Gasteiger partial charge is 0.306 e. The number of esters is 1. The van der Waals surface area contributed by atoms with Crippen LogP contribution in [0.3, 0.4) is 0 Å². The van der Waals surface area contributed by atoms with Crippen molar-refractivity contribution in [1.82, 2.24) is 0 Å². The molecule has 0 spiro atoms. The van der Waals surface area contributed by atoms with Crippen molar-refractivity contribution >= 4 is 5.97 Å². The van der Waals surface area contributed by atoms with E-state index in [-0.39, 0.29) is 12.5 Å². The van der Waals surface area contributed by atoms with Crippen molar-refractivity contribution in [2.24, 2.45) is 0 Å². The molecule has 41 heavy (non-hydrogen) atoms.